The Bertz CT molecular complexity index is 324. The van der Waals surface area contributed by atoms with E-state index in [9.17, 15) is 9.59 Å². The second-order valence-electron chi connectivity index (χ2n) is 6.29. The van der Waals surface area contributed by atoms with Crippen LogP contribution < -0.4 is 11.5 Å². The van der Waals surface area contributed by atoms with Gasteiger partial charge in [-0.05, 0) is 61.7 Å². The third kappa shape index (κ3) is 1.65. The van der Waals surface area contributed by atoms with Crippen molar-refractivity contribution >= 4 is 11.8 Å². The Morgan fingerprint density at radius 3 is 1.59 bits per heavy atom. The van der Waals surface area contributed by atoms with E-state index in [0.29, 0.717) is 11.8 Å². The molecule has 2 amide bonds. The highest BCUT2D eigenvalue weighted by molar-refractivity contribution is 5.99. The number of hydrogen-bond acceptors (Lipinski definition) is 2. The van der Waals surface area contributed by atoms with Gasteiger partial charge in [-0.25, -0.2) is 0 Å². The van der Waals surface area contributed by atoms with Crippen molar-refractivity contribution in [2.24, 2.45) is 47.0 Å². The van der Waals surface area contributed by atoms with Crippen molar-refractivity contribution in [1.29, 1.82) is 0 Å². The standard InChI is InChI=1S/C13H20N2O2/c14-12(16)11(13(15)17)10-8-2-6-1-7(4-8)5-9(10)3-6/h6-11H,1-5H2,(H2,14,16)(H2,15,17). The Balaban J connectivity index is 1.88. The molecule has 4 N–H and O–H groups in total. The molecule has 4 heteroatoms. The Morgan fingerprint density at radius 2 is 1.24 bits per heavy atom. The van der Waals surface area contributed by atoms with E-state index in [4.69, 9.17) is 11.5 Å². The SMILES string of the molecule is NC(=O)C(C(N)=O)C1C2CC3CC(C2)CC1C3. The Hall–Kier alpha value is -1.06. The lowest BCUT2D eigenvalue weighted by Crippen LogP contribution is -2.53. The van der Waals surface area contributed by atoms with E-state index in [1.165, 1.54) is 32.1 Å². The molecule has 17 heavy (non-hydrogen) atoms. The molecule has 4 rings (SSSR count). The van der Waals surface area contributed by atoms with Gasteiger partial charge in [0, 0.05) is 0 Å². The van der Waals surface area contributed by atoms with Gasteiger partial charge in [0.15, 0.2) is 0 Å². The third-order valence-corrected chi connectivity index (χ3v) is 5.30. The first-order valence-electron chi connectivity index (χ1n) is 6.65. The molecule has 0 aliphatic heterocycles. The summed E-state index contributed by atoms with van der Waals surface area (Å²) in [5.74, 6) is 1.05. The molecule has 4 saturated carbocycles. The van der Waals surface area contributed by atoms with Gasteiger partial charge in [0.25, 0.3) is 0 Å². The molecule has 4 fully saturated rings. The highest BCUT2D eigenvalue weighted by Gasteiger charge is 2.52. The number of carbonyl (C=O) groups excluding carboxylic acids is 2. The maximum absolute atomic E-state index is 11.5. The number of hydrogen-bond donors (Lipinski definition) is 2. The minimum atomic E-state index is -0.731. The van der Waals surface area contributed by atoms with Crippen LogP contribution in [0.1, 0.15) is 32.1 Å². The van der Waals surface area contributed by atoms with Crippen LogP contribution in [0.5, 0.6) is 0 Å². The summed E-state index contributed by atoms with van der Waals surface area (Å²) in [7, 11) is 0. The average molecular weight is 236 g/mol. The van der Waals surface area contributed by atoms with Gasteiger partial charge < -0.3 is 11.5 Å². The molecule has 0 atom stereocenters. The molecular formula is C13H20N2O2. The maximum atomic E-state index is 11.5. The molecule has 0 unspecified atom stereocenters. The van der Waals surface area contributed by atoms with Crippen LogP contribution in [0.2, 0.25) is 0 Å². The smallest absolute Gasteiger partial charge is 0.230 e. The maximum Gasteiger partial charge on any atom is 0.230 e. The summed E-state index contributed by atoms with van der Waals surface area (Å²) < 4.78 is 0. The first-order valence-corrected chi connectivity index (χ1v) is 6.65. The average Bonchev–Trinajstić information content (AvgIpc) is 2.20. The highest BCUT2D eigenvalue weighted by atomic mass is 16.2. The van der Waals surface area contributed by atoms with E-state index in [0.717, 1.165) is 11.8 Å². The molecule has 4 bridgehead atoms. The summed E-state index contributed by atoms with van der Waals surface area (Å²) in [5, 5.41) is 0. The van der Waals surface area contributed by atoms with Crippen molar-refractivity contribution in [3.63, 3.8) is 0 Å². The molecule has 0 aromatic carbocycles. The van der Waals surface area contributed by atoms with Crippen LogP contribution in [0.3, 0.4) is 0 Å². The van der Waals surface area contributed by atoms with Gasteiger partial charge >= 0.3 is 0 Å². The van der Waals surface area contributed by atoms with E-state index < -0.39 is 17.7 Å². The second kappa shape index (κ2) is 3.72. The summed E-state index contributed by atoms with van der Waals surface area (Å²) in [6, 6.07) is 0. The number of amides is 2. The zero-order valence-corrected chi connectivity index (χ0v) is 9.97. The van der Waals surface area contributed by atoms with Crippen LogP contribution in [0.4, 0.5) is 0 Å². The number of carbonyl (C=O) groups is 2. The van der Waals surface area contributed by atoms with Crippen LogP contribution in [-0.2, 0) is 9.59 Å². The predicted molar refractivity (Wildman–Crippen MR) is 62.4 cm³/mol. The normalized spacial score (nSPS) is 43.0. The van der Waals surface area contributed by atoms with Gasteiger partial charge in [-0.1, -0.05) is 0 Å². The van der Waals surface area contributed by atoms with E-state index in [-0.39, 0.29) is 5.92 Å². The fourth-order valence-electron chi connectivity index (χ4n) is 5.03. The Morgan fingerprint density at radius 1 is 0.824 bits per heavy atom. The topological polar surface area (TPSA) is 86.2 Å². The lowest BCUT2D eigenvalue weighted by molar-refractivity contribution is -0.142. The lowest BCUT2D eigenvalue weighted by Gasteiger charge is -2.55. The lowest BCUT2D eigenvalue weighted by atomic mass is 9.49. The van der Waals surface area contributed by atoms with Gasteiger partial charge in [-0.15, -0.1) is 0 Å². The minimum Gasteiger partial charge on any atom is -0.369 e. The Labute approximate surface area is 101 Å². The van der Waals surface area contributed by atoms with Gasteiger partial charge in [0.1, 0.15) is 5.92 Å². The molecule has 0 aromatic rings. The molecule has 4 aliphatic rings. The summed E-state index contributed by atoms with van der Waals surface area (Å²) in [5.41, 5.74) is 10.8. The monoisotopic (exact) mass is 236 g/mol. The van der Waals surface area contributed by atoms with Crippen molar-refractivity contribution in [2.45, 2.75) is 32.1 Å². The predicted octanol–water partition coefficient (Wildman–Crippen LogP) is 0.645. The fraction of sp³-hybridized carbons (Fsp3) is 0.846. The highest BCUT2D eigenvalue weighted by Crippen LogP contribution is 2.58. The first-order chi connectivity index (χ1) is 8.06. The summed E-state index contributed by atoms with van der Waals surface area (Å²) in [6.45, 7) is 0. The van der Waals surface area contributed by atoms with Crippen molar-refractivity contribution < 1.29 is 9.59 Å². The minimum absolute atomic E-state index is 0.137. The van der Waals surface area contributed by atoms with Crippen LogP contribution in [0, 0.1) is 35.5 Å². The van der Waals surface area contributed by atoms with E-state index >= 15 is 0 Å². The van der Waals surface area contributed by atoms with Crippen LogP contribution in [0.25, 0.3) is 0 Å². The molecule has 0 saturated heterocycles. The number of nitrogens with two attached hydrogens (primary N) is 2. The second-order valence-corrected chi connectivity index (χ2v) is 6.29. The molecule has 0 spiro atoms. The van der Waals surface area contributed by atoms with Crippen molar-refractivity contribution in [3.8, 4) is 0 Å². The summed E-state index contributed by atoms with van der Waals surface area (Å²) in [4.78, 5) is 23.0. The molecule has 94 valence electrons. The van der Waals surface area contributed by atoms with Crippen molar-refractivity contribution in [3.05, 3.63) is 0 Å². The van der Waals surface area contributed by atoms with Gasteiger partial charge in [-0.3, -0.25) is 9.59 Å². The Kier molecular flexibility index (Phi) is 2.42. The molecule has 0 aromatic heterocycles. The number of rotatable bonds is 3. The summed E-state index contributed by atoms with van der Waals surface area (Å²) >= 11 is 0. The zero-order valence-electron chi connectivity index (χ0n) is 9.97. The van der Waals surface area contributed by atoms with Crippen molar-refractivity contribution in [2.75, 3.05) is 0 Å². The first kappa shape index (κ1) is 11.1. The van der Waals surface area contributed by atoms with Crippen LogP contribution >= 0.6 is 0 Å². The fourth-order valence-corrected chi connectivity index (χ4v) is 5.03. The van der Waals surface area contributed by atoms with Gasteiger partial charge in [0.2, 0.25) is 11.8 Å². The molecule has 0 radical (unpaired) electrons. The molecular weight excluding hydrogens is 216 g/mol. The van der Waals surface area contributed by atoms with Crippen molar-refractivity contribution in [1.82, 2.24) is 0 Å². The molecule has 0 heterocycles. The van der Waals surface area contributed by atoms with E-state index in [1.54, 1.807) is 0 Å². The third-order valence-electron chi connectivity index (χ3n) is 5.30. The molecule has 4 aliphatic carbocycles. The molecule has 4 nitrogen and oxygen atoms in total. The van der Waals surface area contributed by atoms with Crippen LogP contribution in [0.15, 0.2) is 0 Å². The largest absolute Gasteiger partial charge is 0.369 e. The quantitative estimate of drug-likeness (QED) is 0.705. The van der Waals surface area contributed by atoms with Gasteiger partial charge in [-0.2, -0.15) is 0 Å². The van der Waals surface area contributed by atoms with E-state index in [2.05, 4.69) is 0 Å². The summed E-state index contributed by atoms with van der Waals surface area (Å²) in [6.07, 6.45) is 6.06. The van der Waals surface area contributed by atoms with E-state index in [1.807, 2.05) is 0 Å². The number of primary amides is 2. The van der Waals surface area contributed by atoms with Gasteiger partial charge in [0.05, 0.1) is 0 Å². The zero-order chi connectivity index (χ0) is 12.2. The van der Waals surface area contributed by atoms with Crippen LogP contribution in [-0.4, -0.2) is 11.8 Å².